The largest absolute Gasteiger partial charge is 0.477 e. The quantitative estimate of drug-likeness (QED) is 0.451. The summed E-state index contributed by atoms with van der Waals surface area (Å²) in [6.45, 7) is 3.11. The van der Waals surface area contributed by atoms with Gasteiger partial charge in [-0.1, -0.05) is 18.2 Å². The van der Waals surface area contributed by atoms with Crippen LogP contribution in [0, 0.1) is 0 Å². The van der Waals surface area contributed by atoms with Crippen LogP contribution in [-0.4, -0.2) is 70.6 Å². The molecule has 1 saturated heterocycles. The van der Waals surface area contributed by atoms with E-state index in [2.05, 4.69) is 20.0 Å². The number of carbonyl (C=O) groups excluding carboxylic acids is 1. The Kier molecular flexibility index (Phi) is 6.13. The Bertz CT molecular complexity index is 1290. The third kappa shape index (κ3) is 4.58. The van der Waals surface area contributed by atoms with Crippen molar-refractivity contribution in [1.82, 2.24) is 24.7 Å². The smallest absolute Gasteiger partial charge is 0.262 e. The minimum Gasteiger partial charge on any atom is -0.477 e. The zero-order valence-corrected chi connectivity index (χ0v) is 19.3. The lowest BCUT2D eigenvalue weighted by molar-refractivity contribution is 0.0993. The zero-order chi connectivity index (χ0) is 23.5. The molecular formula is C24H27N7O3. The summed E-state index contributed by atoms with van der Waals surface area (Å²) in [4.78, 5) is 29.4. The highest BCUT2D eigenvalue weighted by molar-refractivity contribution is 6.13. The molecule has 10 heteroatoms. The van der Waals surface area contributed by atoms with Gasteiger partial charge in [-0.3, -0.25) is 14.4 Å². The predicted octanol–water partition coefficient (Wildman–Crippen LogP) is 2.43. The van der Waals surface area contributed by atoms with Crippen molar-refractivity contribution in [2.75, 3.05) is 49.8 Å². The summed E-state index contributed by atoms with van der Waals surface area (Å²) >= 11 is 0. The number of aromatic amines is 1. The summed E-state index contributed by atoms with van der Waals surface area (Å²) in [5.74, 6) is 1.23. The highest BCUT2D eigenvalue weighted by atomic mass is 16.5. The van der Waals surface area contributed by atoms with Gasteiger partial charge in [0.25, 0.3) is 5.91 Å². The van der Waals surface area contributed by atoms with E-state index in [-0.39, 0.29) is 11.9 Å². The number of nitrogens with one attached hydrogen (secondary N) is 1. The molecule has 176 valence electrons. The van der Waals surface area contributed by atoms with E-state index in [1.165, 1.54) is 4.90 Å². The third-order valence-electron chi connectivity index (χ3n) is 5.84. The second kappa shape index (κ2) is 9.52. The fraction of sp³-hybridized carbons (Fsp3) is 0.333. The summed E-state index contributed by atoms with van der Waals surface area (Å²) in [6, 6.07) is 9.53. The summed E-state index contributed by atoms with van der Waals surface area (Å²) < 4.78 is 13.2. The van der Waals surface area contributed by atoms with E-state index in [1.807, 2.05) is 49.8 Å². The van der Waals surface area contributed by atoms with Gasteiger partial charge in [0.1, 0.15) is 5.82 Å². The topological polar surface area (TPSA) is 101 Å². The number of rotatable bonds is 7. The number of H-pyrrole nitrogens is 1. The normalized spacial score (nSPS) is 13.9. The number of morpholine rings is 1. The molecule has 34 heavy (non-hydrogen) atoms. The molecule has 0 aliphatic carbocycles. The first-order valence-electron chi connectivity index (χ1n) is 11.2. The maximum atomic E-state index is 13.4. The van der Waals surface area contributed by atoms with Crippen LogP contribution in [0.1, 0.15) is 15.9 Å². The van der Waals surface area contributed by atoms with Crippen molar-refractivity contribution in [2.24, 2.45) is 7.05 Å². The zero-order valence-electron chi connectivity index (χ0n) is 19.3. The molecule has 1 aliphatic rings. The van der Waals surface area contributed by atoms with Crippen LogP contribution in [0.15, 0.2) is 48.9 Å². The molecule has 1 fully saturated rings. The van der Waals surface area contributed by atoms with Gasteiger partial charge in [0.2, 0.25) is 11.8 Å². The molecule has 0 bridgehead atoms. The number of fused-ring (bicyclic) bond motifs is 1. The summed E-state index contributed by atoms with van der Waals surface area (Å²) in [5.41, 5.74) is 2.55. The van der Waals surface area contributed by atoms with Gasteiger partial charge in [0.15, 0.2) is 0 Å². The monoisotopic (exact) mass is 461 g/mol. The first-order chi connectivity index (χ1) is 16.6. The summed E-state index contributed by atoms with van der Waals surface area (Å²) in [5, 5.41) is 5.05. The van der Waals surface area contributed by atoms with Crippen molar-refractivity contribution >= 4 is 28.6 Å². The number of amides is 1. The SMILES string of the molecule is CN(C(=O)c1c[nH]c2ccccc12)c1nc(OCCc2cnn(C)c2)cc(N2CCOCC2)n1. The maximum absolute atomic E-state index is 13.4. The van der Waals surface area contributed by atoms with Gasteiger partial charge >= 0.3 is 0 Å². The van der Waals surface area contributed by atoms with Crippen molar-refractivity contribution in [3.8, 4) is 5.88 Å². The van der Waals surface area contributed by atoms with Gasteiger partial charge in [-0.2, -0.15) is 15.1 Å². The lowest BCUT2D eigenvalue weighted by atomic mass is 10.1. The number of aryl methyl sites for hydroxylation is 1. The Labute approximate surface area is 197 Å². The number of benzene rings is 1. The van der Waals surface area contributed by atoms with E-state index in [0.29, 0.717) is 56.6 Å². The van der Waals surface area contributed by atoms with Crippen LogP contribution in [0.4, 0.5) is 11.8 Å². The fourth-order valence-corrected chi connectivity index (χ4v) is 3.97. The number of carbonyl (C=O) groups is 1. The molecule has 5 rings (SSSR count). The minimum absolute atomic E-state index is 0.196. The number of hydrogen-bond acceptors (Lipinski definition) is 7. The van der Waals surface area contributed by atoms with Crippen LogP contribution >= 0.6 is 0 Å². The molecule has 1 aromatic carbocycles. The van der Waals surface area contributed by atoms with Crippen molar-refractivity contribution in [1.29, 1.82) is 0 Å². The molecule has 0 atom stereocenters. The average Bonchev–Trinajstić information content (AvgIpc) is 3.49. The fourth-order valence-electron chi connectivity index (χ4n) is 3.97. The molecule has 1 amide bonds. The van der Waals surface area contributed by atoms with Crippen molar-refractivity contribution in [2.45, 2.75) is 6.42 Å². The number of anilines is 2. The molecule has 3 aromatic heterocycles. The second-order valence-electron chi connectivity index (χ2n) is 8.20. The Morgan fingerprint density at radius 3 is 2.85 bits per heavy atom. The number of hydrogen-bond donors (Lipinski definition) is 1. The lowest BCUT2D eigenvalue weighted by Gasteiger charge is -2.28. The van der Waals surface area contributed by atoms with Crippen LogP contribution in [0.3, 0.4) is 0 Å². The van der Waals surface area contributed by atoms with Gasteiger partial charge in [-0.15, -0.1) is 0 Å². The van der Waals surface area contributed by atoms with Gasteiger partial charge in [-0.25, -0.2) is 0 Å². The van der Waals surface area contributed by atoms with Crippen LogP contribution in [0.5, 0.6) is 5.88 Å². The number of para-hydroxylation sites is 1. The molecule has 0 spiro atoms. The van der Waals surface area contributed by atoms with E-state index in [4.69, 9.17) is 14.5 Å². The first-order valence-corrected chi connectivity index (χ1v) is 11.2. The van der Waals surface area contributed by atoms with Crippen molar-refractivity contribution in [3.63, 3.8) is 0 Å². The number of ether oxygens (including phenoxy) is 2. The van der Waals surface area contributed by atoms with Gasteiger partial charge < -0.3 is 19.4 Å². The summed E-state index contributed by atoms with van der Waals surface area (Å²) in [6.07, 6.45) is 6.20. The number of nitrogens with zero attached hydrogens (tertiary/aromatic N) is 6. The Hall–Kier alpha value is -3.92. The second-order valence-corrected chi connectivity index (χ2v) is 8.20. The predicted molar refractivity (Wildman–Crippen MR) is 129 cm³/mol. The van der Waals surface area contributed by atoms with Gasteiger partial charge in [0, 0.05) is 63.0 Å². The molecule has 0 radical (unpaired) electrons. The van der Waals surface area contributed by atoms with Crippen LogP contribution in [0.2, 0.25) is 0 Å². The molecule has 0 saturated carbocycles. The van der Waals surface area contributed by atoms with Crippen molar-refractivity contribution < 1.29 is 14.3 Å². The van der Waals surface area contributed by atoms with Crippen LogP contribution < -0.4 is 14.5 Å². The molecular weight excluding hydrogens is 434 g/mol. The third-order valence-corrected chi connectivity index (χ3v) is 5.84. The molecule has 4 heterocycles. The maximum Gasteiger partial charge on any atom is 0.262 e. The highest BCUT2D eigenvalue weighted by Gasteiger charge is 2.22. The van der Waals surface area contributed by atoms with E-state index < -0.39 is 0 Å². The molecule has 10 nitrogen and oxygen atoms in total. The first kappa shape index (κ1) is 21.9. The van der Waals surface area contributed by atoms with E-state index in [9.17, 15) is 4.79 Å². The van der Waals surface area contributed by atoms with Crippen LogP contribution in [0.25, 0.3) is 10.9 Å². The average molecular weight is 462 g/mol. The Morgan fingerprint density at radius 2 is 2.06 bits per heavy atom. The highest BCUT2D eigenvalue weighted by Crippen LogP contribution is 2.25. The van der Waals surface area contributed by atoms with E-state index >= 15 is 0 Å². The van der Waals surface area contributed by atoms with E-state index in [1.54, 1.807) is 17.9 Å². The molecule has 0 unspecified atom stereocenters. The Morgan fingerprint density at radius 1 is 1.24 bits per heavy atom. The molecule has 4 aromatic rings. The van der Waals surface area contributed by atoms with Gasteiger partial charge in [-0.05, 0) is 11.6 Å². The standard InChI is InChI=1S/C24H27N7O3/c1-29-16-17(14-26-29)7-10-34-22-13-21(31-8-11-33-12-9-31)27-24(28-22)30(2)23(32)19-15-25-20-6-4-3-5-18(19)20/h3-6,13-16,25H,7-12H2,1-2H3. The lowest BCUT2D eigenvalue weighted by Crippen LogP contribution is -2.37. The summed E-state index contributed by atoms with van der Waals surface area (Å²) in [7, 11) is 3.57. The van der Waals surface area contributed by atoms with Crippen molar-refractivity contribution in [3.05, 3.63) is 60.0 Å². The van der Waals surface area contributed by atoms with E-state index in [0.717, 1.165) is 16.5 Å². The molecule has 1 N–H and O–H groups in total. The van der Waals surface area contributed by atoms with Gasteiger partial charge in [0.05, 0.1) is 31.6 Å². The number of aromatic nitrogens is 5. The molecule has 1 aliphatic heterocycles. The minimum atomic E-state index is -0.196. The Balaban J connectivity index is 1.41. The van der Waals surface area contributed by atoms with Crippen LogP contribution in [-0.2, 0) is 18.2 Å².